The number of aryl methyl sites for hydroxylation is 2. The SMILES string of the molecule is O=[N+]([O-])c1ccc(Oc2ccc([N+](=O)[O-])cc2CCCI)c(CCCI)c1. The smallest absolute Gasteiger partial charge is 0.269 e. The summed E-state index contributed by atoms with van der Waals surface area (Å²) < 4.78 is 7.91. The Morgan fingerprint density at radius 3 is 1.52 bits per heavy atom. The lowest BCUT2D eigenvalue weighted by molar-refractivity contribution is -0.385. The van der Waals surface area contributed by atoms with Crippen molar-refractivity contribution < 1.29 is 14.6 Å². The Labute approximate surface area is 184 Å². The van der Waals surface area contributed by atoms with Gasteiger partial charge in [0.1, 0.15) is 11.5 Å². The predicted molar refractivity (Wildman–Crippen MR) is 121 cm³/mol. The molecule has 2 aromatic carbocycles. The van der Waals surface area contributed by atoms with Crippen LogP contribution in [0.4, 0.5) is 11.4 Å². The van der Waals surface area contributed by atoms with Gasteiger partial charge in [-0.1, -0.05) is 45.2 Å². The van der Waals surface area contributed by atoms with Crippen molar-refractivity contribution in [3.63, 3.8) is 0 Å². The third-order valence-electron chi connectivity index (χ3n) is 3.89. The van der Waals surface area contributed by atoms with E-state index >= 15 is 0 Å². The van der Waals surface area contributed by atoms with E-state index in [1.807, 2.05) is 0 Å². The van der Waals surface area contributed by atoms with E-state index in [0.717, 1.165) is 32.8 Å². The molecule has 2 aromatic rings. The van der Waals surface area contributed by atoms with Gasteiger partial charge in [-0.2, -0.15) is 0 Å². The Hall–Kier alpha value is -1.50. The molecule has 144 valence electrons. The zero-order valence-corrected chi connectivity index (χ0v) is 18.7. The zero-order valence-electron chi connectivity index (χ0n) is 14.4. The molecule has 0 aliphatic heterocycles. The van der Waals surface area contributed by atoms with Crippen molar-refractivity contribution in [2.45, 2.75) is 25.7 Å². The highest BCUT2D eigenvalue weighted by Crippen LogP contribution is 2.34. The van der Waals surface area contributed by atoms with E-state index in [0.29, 0.717) is 24.3 Å². The molecule has 0 amide bonds. The second-order valence-electron chi connectivity index (χ2n) is 5.79. The van der Waals surface area contributed by atoms with Crippen molar-refractivity contribution in [2.75, 3.05) is 8.86 Å². The standard InChI is InChI=1S/C18H18I2N2O5/c19-9-1-3-13-11-15(21(23)24)5-7-17(13)27-18-8-6-16(22(25)26)12-14(18)4-2-10-20/h5-8,11-12H,1-4,9-10H2. The highest BCUT2D eigenvalue weighted by Gasteiger charge is 2.16. The molecule has 2 rings (SSSR count). The molecule has 0 saturated carbocycles. The van der Waals surface area contributed by atoms with E-state index in [1.165, 1.54) is 24.3 Å². The number of ether oxygens (including phenoxy) is 1. The number of nitro groups is 2. The largest absolute Gasteiger partial charge is 0.457 e. The summed E-state index contributed by atoms with van der Waals surface area (Å²) in [5.41, 5.74) is 1.58. The molecule has 0 unspecified atom stereocenters. The molecule has 7 nitrogen and oxygen atoms in total. The first kappa shape index (κ1) is 21.8. The molecule has 0 heterocycles. The highest BCUT2D eigenvalue weighted by molar-refractivity contribution is 14.1. The molecular formula is C18H18I2N2O5. The van der Waals surface area contributed by atoms with Gasteiger partial charge in [0, 0.05) is 35.4 Å². The van der Waals surface area contributed by atoms with Gasteiger partial charge in [-0.3, -0.25) is 20.2 Å². The lowest BCUT2D eigenvalue weighted by Gasteiger charge is -2.14. The van der Waals surface area contributed by atoms with E-state index in [9.17, 15) is 20.2 Å². The molecule has 27 heavy (non-hydrogen) atoms. The molecule has 0 radical (unpaired) electrons. The first-order valence-corrected chi connectivity index (χ1v) is 11.4. The van der Waals surface area contributed by atoms with Crippen molar-refractivity contribution >= 4 is 56.6 Å². The van der Waals surface area contributed by atoms with Crippen molar-refractivity contribution in [1.29, 1.82) is 0 Å². The maximum absolute atomic E-state index is 11.1. The molecule has 0 aliphatic rings. The van der Waals surface area contributed by atoms with Crippen LogP contribution in [0.3, 0.4) is 0 Å². The van der Waals surface area contributed by atoms with Crippen LogP contribution < -0.4 is 4.74 Å². The van der Waals surface area contributed by atoms with Gasteiger partial charge in [-0.15, -0.1) is 0 Å². The molecule has 0 fully saturated rings. The Balaban J connectivity index is 2.39. The quantitative estimate of drug-likeness (QED) is 0.145. The number of rotatable bonds is 10. The van der Waals surface area contributed by atoms with Gasteiger partial charge in [0.2, 0.25) is 0 Å². The number of benzene rings is 2. The van der Waals surface area contributed by atoms with Crippen LogP contribution in [-0.4, -0.2) is 18.7 Å². The molecule has 0 spiro atoms. The summed E-state index contributed by atoms with van der Waals surface area (Å²) in [5, 5.41) is 22.1. The summed E-state index contributed by atoms with van der Waals surface area (Å²) in [6.07, 6.45) is 3.08. The fourth-order valence-electron chi connectivity index (χ4n) is 2.58. The third-order valence-corrected chi connectivity index (χ3v) is 5.41. The topological polar surface area (TPSA) is 95.5 Å². The minimum Gasteiger partial charge on any atom is -0.457 e. The molecule has 0 saturated heterocycles. The lowest BCUT2D eigenvalue weighted by atomic mass is 10.1. The number of non-ortho nitro benzene ring substituents is 2. The van der Waals surface area contributed by atoms with Gasteiger partial charge in [0.25, 0.3) is 11.4 Å². The van der Waals surface area contributed by atoms with Crippen molar-refractivity contribution in [2.24, 2.45) is 0 Å². The minimum absolute atomic E-state index is 0.0274. The monoisotopic (exact) mass is 596 g/mol. The van der Waals surface area contributed by atoms with Gasteiger partial charge < -0.3 is 4.74 Å². The third kappa shape index (κ3) is 6.26. The maximum atomic E-state index is 11.1. The molecule has 0 aromatic heterocycles. The Kier molecular flexibility index (Phi) is 8.67. The van der Waals surface area contributed by atoms with Crippen molar-refractivity contribution in [1.82, 2.24) is 0 Å². The summed E-state index contributed by atoms with van der Waals surface area (Å²) in [6.45, 7) is 0. The summed E-state index contributed by atoms with van der Waals surface area (Å²) in [7, 11) is 0. The maximum Gasteiger partial charge on any atom is 0.269 e. The lowest BCUT2D eigenvalue weighted by Crippen LogP contribution is -1.99. The zero-order chi connectivity index (χ0) is 19.8. The van der Waals surface area contributed by atoms with Crippen molar-refractivity contribution in [3.8, 4) is 11.5 Å². The average Bonchev–Trinajstić information content (AvgIpc) is 2.65. The van der Waals surface area contributed by atoms with Crippen LogP contribution in [0.5, 0.6) is 11.5 Å². The van der Waals surface area contributed by atoms with Gasteiger partial charge in [-0.05, 0) is 46.7 Å². The predicted octanol–water partition coefficient (Wildman–Crippen LogP) is 6.03. The molecule has 0 atom stereocenters. The number of hydrogen-bond donors (Lipinski definition) is 0. The van der Waals surface area contributed by atoms with Crippen LogP contribution in [0.1, 0.15) is 24.0 Å². The molecule has 0 N–H and O–H groups in total. The molecular weight excluding hydrogens is 578 g/mol. The van der Waals surface area contributed by atoms with Gasteiger partial charge in [0.15, 0.2) is 0 Å². The van der Waals surface area contributed by atoms with Crippen LogP contribution in [0.2, 0.25) is 0 Å². The van der Waals surface area contributed by atoms with Gasteiger partial charge in [0.05, 0.1) is 9.85 Å². The van der Waals surface area contributed by atoms with Crippen LogP contribution in [0.15, 0.2) is 36.4 Å². The van der Waals surface area contributed by atoms with Gasteiger partial charge >= 0.3 is 0 Å². The van der Waals surface area contributed by atoms with E-state index < -0.39 is 9.85 Å². The summed E-state index contributed by atoms with van der Waals surface area (Å²) in [4.78, 5) is 21.3. The molecule has 9 heteroatoms. The van der Waals surface area contributed by atoms with E-state index in [2.05, 4.69) is 45.2 Å². The second-order valence-corrected chi connectivity index (χ2v) is 7.94. The van der Waals surface area contributed by atoms with Crippen LogP contribution >= 0.6 is 45.2 Å². The Morgan fingerprint density at radius 2 is 1.19 bits per heavy atom. The summed E-state index contributed by atoms with van der Waals surface area (Å²) >= 11 is 4.53. The fraction of sp³-hybridized carbons (Fsp3) is 0.333. The van der Waals surface area contributed by atoms with E-state index in [-0.39, 0.29) is 11.4 Å². The van der Waals surface area contributed by atoms with Crippen LogP contribution in [0.25, 0.3) is 0 Å². The Bertz CT molecular complexity index is 762. The van der Waals surface area contributed by atoms with E-state index in [4.69, 9.17) is 4.74 Å². The highest BCUT2D eigenvalue weighted by atomic mass is 127. The van der Waals surface area contributed by atoms with Crippen molar-refractivity contribution in [3.05, 3.63) is 67.8 Å². The van der Waals surface area contributed by atoms with E-state index in [1.54, 1.807) is 12.1 Å². The average molecular weight is 596 g/mol. The summed E-state index contributed by atoms with van der Waals surface area (Å²) in [5.74, 6) is 1.10. The number of halogens is 2. The van der Waals surface area contributed by atoms with Crippen LogP contribution in [0, 0.1) is 20.2 Å². The normalized spacial score (nSPS) is 10.6. The molecule has 0 bridgehead atoms. The number of nitro benzene ring substituents is 2. The fourth-order valence-corrected chi connectivity index (χ4v) is 3.34. The molecule has 0 aliphatic carbocycles. The van der Waals surface area contributed by atoms with Gasteiger partial charge in [-0.25, -0.2) is 0 Å². The van der Waals surface area contributed by atoms with Crippen LogP contribution in [-0.2, 0) is 12.8 Å². The summed E-state index contributed by atoms with van der Waals surface area (Å²) in [6, 6.07) is 9.11. The Morgan fingerprint density at radius 1 is 0.778 bits per heavy atom. The number of hydrogen-bond acceptors (Lipinski definition) is 5. The minimum atomic E-state index is -0.422. The second kappa shape index (κ2) is 10.7. The number of nitrogens with zero attached hydrogens (tertiary/aromatic N) is 2. The number of alkyl halides is 2. The first-order valence-electron chi connectivity index (χ1n) is 8.30. The first-order chi connectivity index (χ1) is 13.0.